The lowest BCUT2D eigenvalue weighted by Gasteiger charge is -2.72. The van der Waals surface area contributed by atoms with Gasteiger partial charge in [0.05, 0.1) is 18.8 Å². The summed E-state index contributed by atoms with van der Waals surface area (Å²) in [5.41, 5.74) is 1.93. The Morgan fingerprint density at radius 1 is 0.909 bits per heavy atom. The highest BCUT2D eigenvalue weighted by Crippen LogP contribution is 2.75. The third kappa shape index (κ3) is 2.85. The summed E-state index contributed by atoms with van der Waals surface area (Å²) in [5.74, 6) is 2.96. The van der Waals surface area contributed by atoms with Gasteiger partial charge in [-0.3, -0.25) is 0 Å². The van der Waals surface area contributed by atoms with Crippen LogP contribution in [-0.4, -0.2) is 34.1 Å². The smallest absolute Gasteiger partial charge is 0.0877 e. The summed E-state index contributed by atoms with van der Waals surface area (Å²) >= 11 is 0. The molecule has 0 aromatic rings. The fourth-order valence-electron chi connectivity index (χ4n) is 11.0. The summed E-state index contributed by atoms with van der Waals surface area (Å²) in [5, 5.41) is 32.4. The lowest BCUT2D eigenvalue weighted by atomic mass is 9.33. The molecule has 33 heavy (non-hydrogen) atoms. The molecule has 0 spiro atoms. The lowest BCUT2D eigenvalue weighted by molar-refractivity contribution is -0.243. The average Bonchev–Trinajstić information content (AvgIpc) is 2.76. The lowest BCUT2D eigenvalue weighted by Crippen LogP contribution is -2.68. The van der Waals surface area contributed by atoms with E-state index in [1.807, 2.05) is 6.92 Å². The predicted octanol–water partition coefficient (Wildman–Crippen LogP) is 5.97. The fourth-order valence-corrected chi connectivity index (χ4v) is 11.0. The zero-order valence-electron chi connectivity index (χ0n) is 22.3. The molecule has 0 aliphatic heterocycles. The van der Waals surface area contributed by atoms with E-state index in [1.165, 1.54) is 25.7 Å². The van der Waals surface area contributed by atoms with Crippen LogP contribution in [0, 0.1) is 56.7 Å². The van der Waals surface area contributed by atoms with Crippen LogP contribution in [0.2, 0.25) is 0 Å². The Labute approximate surface area is 202 Å². The molecule has 0 bridgehead atoms. The van der Waals surface area contributed by atoms with E-state index in [2.05, 4.69) is 47.6 Å². The van der Waals surface area contributed by atoms with Gasteiger partial charge < -0.3 is 15.3 Å². The standard InChI is InChI=1S/C30H50O3/c1-18-10-12-26(3)14-15-29(6)20(24(26)19(18)2)8-9-23-27(4)16-21(32)25(33)28(5,17-31)22(27)11-13-30(23,29)7/h8,18-19,21-25,31-33H,9-17H2,1-7H3/t18-,19+,21-,22?,23?,24+,25+,26-,27+,28+,29-,30-/m1/s1. The van der Waals surface area contributed by atoms with Crippen molar-refractivity contribution in [3.63, 3.8) is 0 Å². The molecule has 0 radical (unpaired) electrons. The number of aliphatic hydroxyl groups excluding tert-OH is 3. The normalized spacial score (nSPS) is 60.7. The first-order chi connectivity index (χ1) is 15.3. The molecule has 5 aliphatic carbocycles. The second kappa shape index (κ2) is 7.32. The quantitative estimate of drug-likeness (QED) is 0.424. The minimum Gasteiger partial charge on any atom is -0.396 e. The van der Waals surface area contributed by atoms with E-state index in [9.17, 15) is 15.3 Å². The first kappa shape index (κ1) is 24.3. The van der Waals surface area contributed by atoms with Crippen molar-refractivity contribution in [3.8, 4) is 0 Å². The van der Waals surface area contributed by atoms with E-state index >= 15 is 0 Å². The van der Waals surface area contributed by atoms with Crippen LogP contribution in [0.15, 0.2) is 11.6 Å². The van der Waals surface area contributed by atoms with E-state index in [4.69, 9.17) is 0 Å². The zero-order valence-corrected chi connectivity index (χ0v) is 22.3. The Morgan fingerprint density at radius 2 is 1.61 bits per heavy atom. The number of hydrogen-bond acceptors (Lipinski definition) is 3. The van der Waals surface area contributed by atoms with Gasteiger partial charge in [-0.2, -0.15) is 0 Å². The third-order valence-corrected chi connectivity index (χ3v) is 13.5. The summed E-state index contributed by atoms with van der Waals surface area (Å²) in [7, 11) is 0. The molecule has 4 fully saturated rings. The highest BCUT2D eigenvalue weighted by molar-refractivity contribution is 5.34. The van der Waals surface area contributed by atoms with Crippen molar-refractivity contribution in [1.82, 2.24) is 0 Å². The summed E-state index contributed by atoms with van der Waals surface area (Å²) < 4.78 is 0. The van der Waals surface area contributed by atoms with E-state index < -0.39 is 17.6 Å². The molecule has 4 saturated carbocycles. The molecule has 5 rings (SSSR count). The van der Waals surface area contributed by atoms with Crippen LogP contribution in [-0.2, 0) is 0 Å². The summed E-state index contributed by atoms with van der Waals surface area (Å²) in [6.45, 7) is 17.1. The summed E-state index contributed by atoms with van der Waals surface area (Å²) in [6.07, 6.45) is 10.4. The molecule has 2 unspecified atom stereocenters. The molecule has 188 valence electrons. The van der Waals surface area contributed by atoms with Gasteiger partial charge in [-0.25, -0.2) is 0 Å². The van der Waals surface area contributed by atoms with E-state index in [0.29, 0.717) is 23.7 Å². The number of hydrogen-bond donors (Lipinski definition) is 3. The molecule has 3 N–H and O–H groups in total. The Kier molecular flexibility index (Phi) is 5.40. The van der Waals surface area contributed by atoms with E-state index in [0.717, 1.165) is 31.1 Å². The molecule has 0 amide bonds. The third-order valence-electron chi connectivity index (χ3n) is 13.5. The van der Waals surface area contributed by atoms with Gasteiger partial charge in [-0.05, 0) is 103 Å². The van der Waals surface area contributed by atoms with Crippen molar-refractivity contribution < 1.29 is 15.3 Å². The van der Waals surface area contributed by atoms with Crippen LogP contribution in [0.4, 0.5) is 0 Å². The molecule has 0 aromatic heterocycles. The fraction of sp³-hybridized carbons (Fsp3) is 0.933. The number of allylic oxidation sites excluding steroid dienone is 2. The Hall–Kier alpha value is -0.380. The van der Waals surface area contributed by atoms with Crippen LogP contribution in [0.1, 0.15) is 99.8 Å². The Morgan fingerprint density at radius 3 is 2.27 bits per heavy atom. The molecule has 12 atom stereocenters. The monoisotopic (exact) mass is 458 g/mol. The molecule has 3 heteroatoms. The number of fused-ring (bicyclic) bond motifs is 7. The average molecular weight is 459 g/mol. The van der Waals surface area contributed by atoms with Crippen molar-refractivity contribution in [2.45, 2.75) is 112 Å². The van der Waals surface area contributed by atoms with Gasteiger partial charge in [-0.1, -0.05) is 60.1 Å². The molecular weight excluding hydrogens is 408 g/mol. The Balaban J connectivity index is 1.60. The van der Waals surface area contributed by atoms with Crippen molar-refractivity contribution in [1.29, 1.82) is 0 Å². The largest absolute Gasteiger partial charge is 0.396 e. The van der Waals surface area contributed by atoms with Crippen molar-refractivity contribution in [2.75, 3.05) is 6.61 Å². The first-order valence-corrected chi connectivity index (χ1v) is 14.0. The molecular formula is C30H50O3. The van der Waals surface area contributed by atoms with E-state index in [1.54, 1.807) is 5.57 Å². The van der Waals surface area contributed by atoms with Crippen LogP contribution in [0.3, 0.4) is 0 Å². The molecule has 5 aliphatic rings. The van der Waals surface area contributed by atoms with Gasteiger partial charge in [0.1, 0.15) is 0 Å². The van der Waals surface area contributed by atoms with E-state index in [-0.39, 0.29) is 28.8 Å². The van der Waals surface area contributed by atoms with Crippen LogP contribution < -0.4 is 0 Å². The molecule has 0 heterocycles. The van der Waals surface area contributed by atoms with Crippen LogP contribution >= 0.6 is 0 Å². The molecule has 3 nitrogen and oxygen atoms in total. The SMILES string of the molecule is C[C@H]1[C@H](C)CC[C@]2(C)CC[C@]3(C)C(=CCC4[C@@]5(C)C[C@@H](O)[C@H](O)[C@@](C)(CO)C5CC[C@]43C)[C@H]12. The number of rotatable bonds is 1. The molecule has 0 saturated heterocycles. The summed E-state index contributed by atoms with van der Waals surface area (Å²) in [4.78, 5) is 0. The van der Waals surface area contributed by atoms with Gasteiger partial charge >= 0.3 is 0 Å². The maximum absolute atomic E-state index is 11.0. The second-order valence-electron chi connectivity index (χ2n) is 14.7. The highest BCUT2D eigenvalue weighted by atomic mass is 16.3. The number of aliphatic hydroxyl groups is 3. The summed E-state index contributed by atoms with van der Waals surface area (Å²) in [6, 6.07) is 0. The highest BCUT2D eigenvalue weighted by Gasteiger charge is 2.69. The minimum atomic E-state index is -0.838. The maximum atomic E-state index is 11.0. The van der Waals surface area contributed by atoms with Crippen LogP contribution in [0.5, 0.6) is 0 Å². The van der Waals surface area contributed by atoms with Crippen molar-refractivity contribution >= 4 is 0 Å². The van der Waals surface area contributed by atoms with Gasteiger partial charge in [0.15, 0.2) is 0 Å². The van der Waals surface area contributed by atoms with Crippen molar-refractivity contribution in [2.24, 2.45) is 56.7 Å². The van der Waals surface area contributed by atoms with Gasteiger partial charge in [0.2, 0.25) is 0 Å². The minimum absolute atomic E-state index is 0.0525. The predicted molar refractivity (Wildman–Crippen MR) is 133 cm³/mol. The Bertz CT molecular complexity index is 836. The van der Waals surface area contributed by atoms with Crippen LogP contribution in [0.25, 0.3) is 0 Å². The maximum Gasteiger partial charge on any atom is 0.0877 e. The van der Waals surface area contributed by atoms with Crippen molar-refractivity contribution in [3.05, 3.63) is 11.6 Å². The van der Waals surface area contributed by atoms with Gasteiger partial charge in [-0.15, -0.1) is 0 Å². The zero-order chi connectivity index (χ0) is 24.2. The van der Waals surface area contributed by atoms with Gasteiger partial charge in [0, 0.05) is 5.41 Å². The topological polar surface area (TPSA) is 60.7 Å². The second-order valence-corrected chi connectivity index (χ2v) is 14.7. The first-order valence-electron chi connectivity index (χ1n) is 14.0. The van der Waals surface area contributed by atoms with Gasteiger partial charge in [0.25, 0.3) is 0 Å². The molecule has 0 aromatic carbocycles.